The van der Waals surface area contributed by atoms with Gasteiger partial charge >= 0.3 is 18.1 Å². The van der Waals surface area contributed by atoms with Crippen molar-refractivity contribution in [1.82, 2.24) is 9.88 Å². The number of halogens is 4. The lowest BCUT2D eigenvalue weighted by molar-refractivity contribution is -0.137. The molecule has 1 heterocycles. The summed E-state index contributed by atoms with van der Waals surface area (Å²) in [5.74, 6) is -4.22. The first kappa shape index (κ1) is 39.0. The van der Waals surface area contributed by atoms with Gasteiger partial charge in [0.05, 0.1) is 46.8 Å². The fourth-order valence-electron chi connectivity index (χ4n) is 5.06. The number of methoxy groups -OCH3 is 1. The van der Waals surface area contributed by atoms with Crippen LogP contribution in [0, 0.1) is 12.7 Å². The summed E-state index contributed by atoms with van der Waals surface area (Å²) in [5.41, 5.74) is 1.10. The van der Waals surface area contributed by atoms with Crippen molar-refractivity contribution in [1.29, 1.82) is 0 Å². The third-order valence-electron chi connectivity index (χ3n) is 7.60. The molecule has 0 bridgehead atoms. The molecule has 3 aromatic carbocycles. The van der Waals surface area contributed by atoms with Gasteiger partial charge < -0.3 is 24.4 Å². The van der Waals surface area contributed by atoms with Crippen LogP contribution in [-0.2, 0) is 22.1 Å². The zero-order chi connectivity index (χ0) is 38.3. The van der Waals surface area contributed by atoms with Crippen molar-refractivity contribution in [2.24, 2.45) is 0 Å². The van der Waals surface area contributed by atoms with Gasteiger partial charge in [0.25, 0.3) is 11.8 Å². The molecule has 0 fully saturated rings. The van der Waals surface area contributed by atoms with Gasteiger partial charge in [0.15, 0.2) is 11.6 Å². The molecule has 0 aliphatic carbocycles. The number of anilines is 1. The number of ether oxygens (including phenoxy) is 3. The molecule has 0 aliphatic rings. The molecule has 0 saturated heterocycles. The van der Waals surface area contributed by atoms with E-state index in [1.807, 2.05) is 0 Å². The second-order valence-corrected chi connectivity index (χ2v) is 12.2. The predicted molar refractivity (Wildman–Crippen MR) is 184 cm³/mol. The molecule has 10 nitrogen and oxygen atoms in total. The minimum atomic E-state index is -4.53. The third-order valence-corrected chi connectivity index (χ3v) is 7.60. The Hall–Kier alpha value is -5.79. The van der Waals surface area contributed by atoms with Crippen molar-refractivity contribution in [3.63, 3.8) is 0 Å². The maximum atomic E-state index is 14.9. The van der Waals surface area contributed by atoms with E-state index in [1.165, 1.54) is 56.4 Å². The van der Waals surface area contributed by atoms with Gasteiger partial charge in [-0.15, -0.1) is 0 Å². The van der Waals surface area contributed by atoms with Crippen molar-refractivity contribution < 1.29 is 51.0 Å². The van der Waals surface area contributed by atoms with E-state index in [-0.39, 0.29) is 46.7 Å². The van der Waals surface area contributed by atoms with E-state index in [1.54, 1.807) is 39.0 Å². The number of esters is 2. The molecular weight excluding hydrogens is 686 g/mol. The van der Waals surface area contributed by atoms with Crippen LogP contribution in [-0.4, -0.2) is 60.9 Å². The maximum absolute atomic E-state index is 14.9. The Labute approximate surface area is 297 Å². The average molecular weight is 724 g/mol. The number of nitrogens with one attached hydrogen (secondary N) is 1. The van der Waals surface area contributed by atoms with Gasteiger partial charge in [-0.25, -0.2) is 9.18 Å². The Balaban J connectivity index is 1.49. The Morgan fingerprint density at radius 3 is 2.23 bits per heavy atom. The number of carbonyl (C=O) groups is 4. The fourth-order valence-corrected chi connectivity index (χ4v) is 5.06. The lowest BCUT2D eigenvalue weighted by atomic mass is 10.0. The molecule has 274 valence electrons. The quantitative estimate of drug-likeness (QED) is 0.0898. The van der Waals surface area contributed by atoms with Gasteiger partial charge in [0.1, 0.15) is 0 Å². The molecule has 0 aliphatic heterocycles. The number of aryl methyl sites for hydroxylation is 2. The van der Waals surface area contributed by atoms with E-state index in [9.17, 15) is 36.7 Å². The first-order valence-corrected chi connectivity index (χ1v) is 16.1. The number of hydrogen-bond acceptors (Lipinski definition) is 8. The van der Waals surface area contributed by atoms with Gasteiger partial charge in [-0.05, 0) is 87.7 Å². The van der Waals surface area contributed by atoms with E-state index >= 15 is 0 Å². The zero-order valence-electron chi connectivity index (χ0n) is 29.3. The second kappa shape index (κ2) is 16.5. The van der Waals surface area contributed by atoms with Crippen molar-refractivity contribution in [3.05, 3.63) is 106 Å². The van der Waals surface area contributed by atoms with Crippen LogP contribution in [0.15, 0.2) is 66.7 Å². The summed E-state index contributed by atoms with van der Waals surface area (Å²) in [4.78, 5) is 57.4. The van der Waals surface area contributed by atoms with Crippen molar-refractivity contribution >= 4 is 29.4 Å². The molecule has 4 aromatic rings. The largest absolute Gasteiger partial charge is 0.493 e. The highest BCUT2D eigenvalue weighted by Gasteiger charge is 2.30. The molecule has 1 aromatic heterocycles. The van der Waals surface area contributed by atoms with Crippen LogP contribution in [0.2, 0.25) is 0 Å². The minimum absolute atomic E-state index is 0.0781. The summed E-state index contributed by atoms with van der Waals surface area (Å²) >= 11 is 0. The number of alkyl halides is 3. The highest BCUT2D eigenvalue weighted by Crippen LogP contribution is 2.34. The van der Waals surface area contributed by atoms with Crippen LogP contribution in [0.4, 0.5) is 23.2 Å². The number of aromatic nitrogens is 1. The Morgan fingerprint density at radius 1 is 0.923 bits per heavy atom. The van der Waals surface area contributed by atoms with Crippen LogP contribution in [0.1, 0.15) is 74.6 Å². The summed E-state index contributed by atoms with van der Waals surface area (Å²) in [7, 11) is 4.31. The van der Waals surface area contributed by atoms with Gasteiger partial charge in [0, 0.05) is 31.8 Å². The lowest BCUT2D eigenvalue weighted by Gasteiger charge is -2.17. The lowest BCUT2D eigenvalue weighted by Crippen LogP contribution is -2.24. The molecule has 0 radical (unpaired) electrons. The van der Waals surface area contributed by atoms with Crippen molar-refractivity contribution in [2.75, 3.05) is 26.5 Å². The molecule has 1 N–H and O–H groups in total. The number of carbonyl (C=O) groups excluding carboxylic acids is 4. The zero-order valence-corrected chi connectivity index (χ0v) is 29.3. The SMILES string of the molecule is COc1cc(C(=O)OC(C)C)cc(F)c1OC(=O)CCCc1ccc(NC(=O)c2ccc(C)nc2-c2ccc(C(F)(F)F)cc2)c(C(=O)N(C)C)c1. The average Bonchev–Trinajstić information content (AvgIpc) is 3.08. The predicted octanol–water partition coefficient (Wildman–Crippen LogP) is 7.67. The monoisotopic (exact) mass is 723 g/mol. The van der Waals surface area contributed by atoms with Crippen LogP contribution in [0.25, 0.3) is 11.3 Å². The summed E-state index contributed by atoms with van der Waals surface area (Å²) in [5, 5.41) is 2.74. The van der Waals surface area contributed by atoms with E-state index < -0.39 is 53.2 Å². The van der Waals surface area contributed by atoms with Crippen molar-refractivity contribution in [3.8, 4) is 22.8 Å². The van der Waals surface area contributed by atoms with E-state index in [0.717, 1.165) is 18.2 Å². The number of nitrogens with zero attached hydrogens (tertiary/aromatic N) is 2. The first-order valence-electron chi connectivity index (χ1n) is 16.1. The Kier molecular flexibility index (Phi) is 12.4. The number of hydrogen-bond donors (Lipinski definition) is 1. The molecule has 0 unspecified atom stereocenters. The normalized spacial score (nSPS) is 11.2. The number of amides is 2. The molecule has 2 amide bonds. The van der Waals surface area contributed by atoms with E-state index in [4.69, 9.17) is 14.2 Å². The van der Waals surface area contributed by atoms with Crippen LogP contribution in [0.5, 0.6) is 11.5 Å². The van der Waals surface area contributed by atoms with Gasteiger partial charge in [-0.3, -0.25) is 19.4 Å². The van der Waals surface area contributed by atoms with Gasteiger partial charge in [0.2, 0.25) is 5.75 Å². The van der Waals surface area contributed by atoms with E-state index in [0.29, 0.717) is 23.2 Å². The summed E-state index contributed by atoms with van der Waals surface area (Å²) in [6.45, 7) is 4.97. The maximum Gasteiger partial charge on any atom is 0.416 e. The summed E-state index contributed by atoms with van der Waals surface area (Å²) in [6.07, 6.45) is -4.55. The molecule has 14 heteroatoms. The van der Waals surface area contributed by atoms with Crippen LogP contribution >= 0.6 is 0 Å². The molecule has 0 atom stereocenters. The third kappa shape index (κ3) is 9.71. The smallest absolute Gasteiger partial charge is 0.416 e. The number of rotatable bonds is 12. The highest BCUT2D eigenvalue weighted by molar-refractivity contribution is 6.11. The topological polar surface area (TPSA) is 124 Å². The van der Waals surface area contributed by atoms with Crippen LogP contribution < -0.4 is 14.8 Å². The van der Waals surface area contributed by atoms with E-state index in [2.05, 4.69) is 10.3 Å². The number of pyridine rings is 1. The Bertz CT molecular complexity index is 1980. The molecule has 52 heavy (non-hydrogen) atoms. The van der Waals surface area contributed by atoms with Gasteiger partial charge in [-0.2, -0.15) is 13.2 Å². The molecule has 4 rings (SSSR count). The summed E-state index contributed by atoms with van der Waals surface area (Å²) in [6, 6.07) is 14.3. The summed E-state index contributed by atoms with van der Waals surface area (Å²) < 4.78 is 69.8. The van der Waals surface area contributed by atoms with Crippen LogP contribution in [0.3, 0.4) is 0 Å². The fraction of sp³-hybridized carbons (Fsp3) is 0.289. The molecule has 0 saturated carbocycles. The second-order valence-electron chi connectivity index (χ2n) is 12.2. The minimum Gasteiger partial charge on any atom is -0.493 e. The van der Waals surface area contributed by atoms with Crippen molar-refractivity contribution in [2.45, 2.75) is 52.3 Å². The Morgan fingerprint density at radius 2 is 1.62 bits per heavy atom. The number of benzene rings is 3. The highest BCUT2D eigenvalue weighted by atomic mass is 19.4. The first-order chi connectivity index (χ1) is 24.5. The standard InChI is InChI=1S/C38H37F4N3O7/c1-21(2)51-37(49)25-19-29(39)34(31(20-25)50-6)52-32(46)9-7-8-23-11-17-30(28(18-23)36(48)45(4)5)44-35(47)27-16-10-22(3)43-33(27)24-12-14-26(15-13-24)38(40,41)42/h10-21H,7-9H2,1-6H3,(H,44,47). The van der Waals surface area contributed by atoms with Gasteiger partial charge in [-0.1, -0.05) is 18.2 Å². The molecule has 0 spiro atoms. The molecular formula is C38H37F4N3O7.